The molecule has 0 aromatic carbocycles. The molecule has 1 saturated heterocycles. The van der Waals surface area contributed by atoms with Crippen molar-refractivity contribution in [3.63, 3.8) is 0 Å². The molecule has 0 radical (unpaired) electrons. The Morgan fingerprint density at radius 1 is 1.21 bits per heavy atom. The van der Waals surface area contributed by atoms with E-state index in [-0.39, 0.29) is 6.42 Å². The monoisotopic (exact) mass is 272 g/mol. The van der Waals surface area contributed by atoms with E-state index in [1.165, 1.54) is 0 Å². The predicted molar refractivity (Wildman–Crippen MR) is 66.6 cm³/mol. The summed E-state index contributed by atoms with van der Waals surface area (Å²) in [5.41, 5.74) is 0. The van der Waals surface area contributed by atoms with Crippen LogP contribution in [0.1, 0.15) is 32.1 Å². The minimum absolute atomic E-state index is 0.244. The molecule has 0 aliphatic carbocycles. The highest BCUT2D eigenvalue weighted by Gasteiger charge is 2.23. The van der Waals surface area contributed by atoms with E-state index in [9.17, 15) is 14.4 Å². The van der Waals surface area contributed by atoms with Gasteiger partial charge < -0.3 is 20.8 Å². The maximum absolute atomic E-state index is 11.6. The van der Waals surface area contributed by atoms with E-state index < -0.39 is 30.3 Å². The summed E-state index contributed by atoms with van der Waals surface area (Å²) in [4.78, 5) is 32.9. The number of hydrogen-bond donors (Lipinski definition) is 4. The predicted octanol–water partition coefficient (Wildman–Crippen LogP) is -0.190. The smallest absolute Gasteiger partial charge is 0.326 e. The van der Waals surface area contributed by atoms with E-state index in [1.807, 2.05) is 0 Å². The van der Waals surface area contributed by atoms with Gasteiger partial charge in [-0.05, 0) is 38.3 Å². The number of carbonyl (C=O) groups excluding carboxylic acids is 1. The zero-order valence-electron chi connectivity index (χ0n) is 10.7. The molecule has 4 N–H and O–H groups in total. The maximum atomic E-state index is 11.6. The minimum atomic E-state index is -1.35. The normalized spacial score (nSPS) is 17.7. The summed E-state index contributed by atoms with van der Waals surface area (Å²) in [7, 11) is 0. The molecule has 1 rings (SSSR count). The molecule has 1 atom stereocenters. The third kappa shape index (κ3) is 6.19. The molecule has 1 aliphatic heterocycles. The second-order valence-corrected chi connectivity index (χ2v) is 4.79. The fraction of sp³-hybridized carbons (Fsp3) is 0.750. The van der Waals surface area contributed by atoms with Crippen molar-refractivity contribution in [2.75, 3.05) is 13.1 Å². The van der Waals surface area contributed by atoms with Crippen molar-refractivity contribution in [2.24, 2.45) is 5.92 Å². The van der Waals surface area contributed by atoms with Gasteiger partial charge in [0.15, 0.2) is 0 Å². The molecule has 19 heavy (non-hydrogen) atoms. The van der Waals surface area contributed by atoms with E-state index in [2.05, 4.69) is 10.6 Å². The fourth-order valence-corrected chi connectivity index (χ4v) is 2.15. The van der Waals surface area contributed by atoms with Crippen molar-refractivity contribution in [1.29, 1.82) is 0 Å². The summed E-state index contributed by atoms with van der Waals surface area (Å²) in [6.07, 6.45) is 2.39. The summed E-state index contributed by atoms with van der Waals surface area (Å²) in [6.45, 7) is 1.89. The van der Waals surface area contributed by atoms with Gasteiger partial charge >= 0.3 is 11.9 Å². The molecule has 1 fully saturated rings. The van der Waals surface area contributed by atoms with Crippen LogP contribution < -0.4 is 10.6 Å². The first-order valence-electron chi connectivity index (χ1n) is 6.43. The van der Waals surface area contributed by atoms with E-state index in [1.54, 1.807) is 0 Å². The highest BCUT2D eigenvalue weighted by molar-refractivity contribution is 5.86. The fourth-order valence-electron chi connectivity index (χ4n) is 2.15. The van der Waals surface area contributed by atoms with Crippen molar-refractivity contribution >= 4 is 17.8 Å². The highest BCUT2D eigenvalue weighted by atomic mass is 16.4. The van der Waals surface area contributed by atoms with Gasteiger partial charge in [0.05, 0.1) is 6.42 Å². The van der Waals surface area contributed by atoms with Crippen LogP contribution in [-0.4, -0.2) is 47.2 Å². The van der Waals surface area contributed by atoms with Gasteiger partial charge in [-0.1, -0.05) is 0 Å². The van der Waals surface area contributed by atoms with Gasteiger partial charge in [0, 0.05) is 6.42 Å². The summed E-state index contributed by atoms with van der Waals surface area (Å²) >= 11 is 0. The molecule has 0 saturated carbocycles. The first-order valence-corrected chi connectivity index (χ1v) is 6.43. The zero-order chi connectivity index (χ0) is 14.3. The number of rotatable bonds is 7. The van der Waals surface area contributed by atoms with Crippen molar-refractivity contribution in [1.82, 2.24) is 10.6 Å². The Bertz CT molecular complexity index is 339. The topological polar surface area (TPSA) is 116 Å². The van der Waals surface area contributed by atoms with Gasteiger partial charge in [-0.15, -0.1) is 0 Å². The minimum Gasteiger partial charge on any atom is -0.481 e. The van der Waals surface area contributed by atoms with Gasteiger partial charge in [0.2, 0.25) is 5.91 Å². The van der Waals surface area contributed by atoms with Crippen LogP contribution in [0.3, 0.4) is 0 Å². The first kappa shape index (κ1) is 15.4. The Morgan fingerprint density at radius 3 is 2.37 bits per heavy atom. The third-order valence-electron chi connectivity index (χ3n) is 3.25. The lowest BCUT2D eigenvalue weighted by Gasteiger charge is -2.22. The number of aliphatic carboxylic acids is 2. The molecule has 0 bridgehead atoms. The molecule has 1 aliphatic rings. The van der Waals surface area contributed by atoms with E-state index in [0.717, 1.165) is 25.9 Å². The number of carbonyl (C=O) groups is 3. The molecule has 7 nitrogen and oxygen atoms in total. The molecule has 108 valence electrons. The largest absolute Gasteiger partial charge is 0.481 e. The van der Waals surface area contributed by atoms with Crippen LogP contribution in [-0.2, 0) is 14.4 Å². The lowest BCUT2D eigenvalue weighted by Crippen LogP contribution is -2.42. The number of hydrogen-bond acceptors (Lipinski definition) is 4. The first-order chi connectivity index (χ1) is 8.99. The molecular weight excluding hydrogens is 252 g/mol. The van der Waals surface area contributed by atoms with E-state index in [4.69, 9.17) is 10.2 Å². The Balaban J connectivity index is 2.31. The SMILES string of the molecule is O=C(O)CC(NC(=O)CCC1CCNCC1)C(=O)O. The van der Waals surface area contributed by atoms with Crippen molar-refractivity contribution in [3.05, 3.63) is 0 Å². The molecule has 1 unspecified atom stereocenters. The molecule has 0 spiro atoms. The summed E-state index contributed by atoms with van der Waals surface area (Å²) in [5.74, 6) is -2.48. The Hall–Kier alpha value is -1.63. The Kier molecular flexibility index (Phi) is 6.27. The summed E-state index contributed by atoms with van der Waals surface area (Å²) in [5, 5.41) is 22.8. The Morgan fingerprint density at radius 2 is 1.84 bits per heavy atom. The Labute approximate surface area is 111 Å². The van der Waals surface area contributed by atoms with Crippen LogP contribution in [0.15, 0.2) is 0 Å². The quantitative estimate of drug-likeness (QED) is 0.510. The van der Waals surface area contributed by atoms with Crippen molar-refractivity contribution in [2.45, 2.75) is 38.1 Å². The van der Waals surface area contributed by atoms with E-state index in [0.29, 0.717) is 12.3 Å². The van der Waals surface area contributed by atoms with Crippen molar-refractivity contribution in [3.8, 4) is 0 Å². The van der Waals surface area contributed by atoms with Crippen LogP contribution in [0, 0.1) is 5.92 Å². The lowest BCUT2D eigenvalue weighted by molar-refractivity contribution is -0.147. The van der Waals surface area contributed by atoms with Crippen LogP contribution in [0.25, 0.3) is 0 Å². The highest BCUT2D eigenvalue weighted by Crippen LogP contribution is 2.17. The van der Waals surface area contributed by atoms with Gasteiger partial charge in [-0.2, -0.15) is 0 Å². The number of amides is 1. The van der Waals surface area contributed by atoms with Crippen LogP contribution in [0.4, 0.5) is 0 Å². The van der Waals surface area contributed by atoms with Gasteiger partial charge in [-0.25, -0.2) is 4.79 Å². The average molecular weight is 272 g/mol. The number of carboxylic acid groups (broad SMARTS) is 2. The lowest BCUT2D eigenvalue weighted by atomic mass is 9.93. The van der Waals surface area contributed by atoms with Gasteiger partial charge in [-0.3, -0.25) is 9.59 Å². The zero-order valence-corrected chi connectivity index (χ0v) is 10.7. The average Bonchev–Trinajstić information content (AvgIpc) is 2.36. The van der Waals surface area contributed by atoms with Crippen LogP contribution in [0.2, 0.25) is 0 Å². The molecule has 7 heteroatoms. The second kappa shape index (κ2) is 7.73. The van der Waals surface area contributed by atoms with Crippen LogP contribution >= 0.6 is 0 Å². The summed E-state index contributed by atoms with van der Waals surface area (Å²) < 4.78 is 0. The number of piperidine rings is 1. The molecule has 0 aromatic rings. The standard InChI is InChI=1S/C12H20N2O5/c15-10(2-1-8-3-5-13-6-4-8)14-9(12(18)19)7-11(16)17/h8-9,13H,1-7H2,(H,14,15)(H,16,17)(H,18,19). The van der Waals surface area contributed by atoms with Gasteiger partial charge in [0.25, 0.3) is 0 Å². The third-order valence-corrected chi connectivity index (χ3v) is 3.25. The molecule has 0 aromatic heterocycles. The molecule has 1 amide bonds. The van der Waals surface area contributed by atoms with Gasteiger partial charge in [0.1, 0.15) is 6.04 Å². The second-order valence-electron chi connectivity index (χ2n) is 4.79. The molecular formula is C12H20N2O5. The maximum Gasteiger partial charge on any atom is 0.326 e. The number of nitrogens with one attached hydrogen (secondary N) is 2. The van der Waals surface area contributed by atoms with Crippen LogP contribution in [0.5, 0.6) is 0 Å². The van der Waals surface area contributed by atoms with E-state index >= 15 is 0 Å². The number of carboxylic acids is 2. The molecule has 1 heterocycles. The van der Waals surface area contributed by atoms with Crippen molar-refractivity contribution < 1.29 is 24.6 Å². The summed E-state index contributed by atoms with van der Waals surface area (Å²) in [6, 6.07) is -1.35.